The maximum Gasteiger partial charge on any atom is 0.270 e. The van der Waals surface area contributed by atoms with Crippen LogP contribution in [0.4, 0.5) is 0 Å². The molecule has 0 N–H and O–H groups in total. The van der Waals surface area contributed by atoms with Crippen LogP contribution < -0.4 is 0 Å². The maximum atomic E-state index is 14.8. The lowest BCUT2D eigenvalue weighted by Gasteiger charge is -2.35. The molecule has 0 saturated carbocycles. The van der Waals surface area contributed by atoms with Gasteiger partial charge in [0.1, 0.15) is 0 Å². The van der Waals surface area contributed by atoms with Crippen molar-refractivity contribution >= 4 is 134 Å². The molecule has 18 rings (SSSR count). The molecule has 0 bridgehead atoms. The normalized spacial score (nSPS) is 15.0. The quantitative estimate of drug-likeness (QED) is 0.0164. The number of hydrogen-bond acceptors (Lipinski definition) is 10. The number of ketones is 2. The first-order valence-corrected chi connectivity index (χ1v) is 60.2. The average Bonchev–Trinajstić information content (AvgIpc) is 1.48. The summed E-state index contributed by atoms with van der Waals surface area (Å²) < 4.78 is 2.84. The third kappa shape index (κ3) is 21.8. The van der Waals surface area contributed by atoms with Gasteiger partial charge in [-0.1, -0.05) is 355 Å². The van der Waals surface area contributed by atoms with E-state index in [-0.39, 0.29) is 23.0 Å². The van der Waals surface area contributed by atoms with Gasteiger partial charge in [-0.25, -0.2) is 20.2 Å². The second kappa shape index (κ2) is 49.1. The fourth-order valence-electron chi connectivity index (χ4n) is 23.6. The van der Waals surface area contributed by atoms with E-state index in [1.807, 2.05) is 120 Å². The molecule has 6 nitrogen and oxygen atoms in total. The molecule has 0 spiro atoms. The smallest absolute Gasteiger partial charge is 0.270 e. The van der Waals surface area contributed by atoms with Crippen LogP contribution in [0.1, 0.15) is 391 Å². The van der Waals surface area contributed by atoms with Gasteiger partial charge in [0.2, 0.25) is 0 Å². The predicted molar refractivity (Wildman–Crippen MR) is 629 cm³/mol. The number of Topliss-reactive ketones (excluding diaryl/α,β-unsaturated/α-hetero) is 2. The topological polar surface area (TPSA) is 90.4 Å². The lowest BCUT2D eigenvalue weighted by molar-refractivity contribution is 0.103. The average molecular weight is 2030 g/mol. The van der Waals surface area contributed by atoms with Crippen molar-refractivity contribution < 1.29 is 9.59 Å². The van der Waals surface area contributed by atoms with Crippen molar-refractivity contribution in [2.75, 3.05) is 0 Å². The highest BCUT2D eigenvalue weighted by Gasteiger charge is 2.56. The molecule has 4 aliphatic carbocycles. The molecule has 0 radical (unpaired) electrons. The first-order chi connectivity index (χ1) is 71.7. The number of aryl methyl sites for hydroxylation is 8. The molecule has 6 aromatic heterocycles. The van der Waals surface area contributed by atoms with Crippen molar-refractivity contribution in [3.8, 4) is 51.2 Å². The summed E-state index contributed by atoms with van der Waals surface area (Å²) >= 11 is 11.8. The van der Waals surface area contributed by atoms with Crippen LogP contribution in [0.2, 0.25) is 0 Å². The second-order valence-corrected chi connectivity index (χ2v) is 47.8. The van der Waals surface area contributed by atoms with Crippen molar-refractivity contribution in [2.24, 2.45) is 0 Å². The van der Waals surface area contributed by atoms with E-state index in [0.29, 0.717) is 44.5 Å². The summed E-state index contributed by atoms with van der Waals surface area (Å²) in [5, 5.41) is 24.9. The number of nitriles is 2. The van der Waals surface area contributed by atoms with Crippen molar-refractivity contribution in [2.45, 2.75) is 323 Å². The Morgan fingerprint density at radius 3 is 0.822 bits per heavy atom. The highest BCUT2D eigenvalue weighted by molar-refractivity contribution is 7.35. The number of nitrogens with zero attached hydrogens (tertiary/aromatic N) is 4. The van der Waals surface area contributed by atoms with Crippen molar-refractivity contribution in [3.63, 3.8) is 0 Å². The Morgan fingerprint density at radius 1 is 0.301 bits per heavy atom. The molecule has 744 valence electrons. The Labute approximate surface area is 893 Å². The fraction of sp³-hybridized carbons (Fsp3) is 0.373. The van der Waals surface area contributed by atoms with Crippen LogP contribution in [0.5, 0.6) is 0 Å². The molecular formula is C134H140N4O2S6. The van der Waals surface area contributed by atoms with Gasteiger partial charge in [0.25, 0.3) is 11.4 Å². The zero-order valence-corrected chi connectivity index (χ0v) is 92.0. The summed E-state index contributed by atoms with van der Waals surface area (Å²) in [5.41, 5.74) is 25.0. The van der Waals surface area contributed by atoms with Gasteiger partial charge in [0, 0.05) is 73.8 Å². The van der Waals surface area contributed by atoms with Crippen LogP contribution in [0, 0.1) is 35.8 Å². The minimum atomic E-state index is -0.777. The molecule has 0 amide bonds. The Morgan fingerprint density at radius 2 is 0.568 bits per heavy atom. The van der Waals surface area contributed by atoms with E-state index in [2.05, 4.69) is 221 Å². The SMILES string of the molecule is [C-]#[N+]C(C#N)=C1/C(=C/C=C/c2ccc(-c3cc4c(s3)-c3sc5c6c(sc5c3C4(c3cc(CCCCCC)cc(CCCCCC)c3)c3cc(CCCCCC)cc(CCCCCC)c3)-c3sc(-c4ccc(/C=C/C=C5\C(=O)c7cc8ccccc8cc7\C5=C(\C#N)[N+]#[C-])s4)cc3C6(c3cc(CCCCCC)cc(CCCCCC)c3)c3cc(CCCCCC)cc(CCCCCC)c3)s2)C(=O)c2cc3ccccc3cc21. The minimum Gasteiger partial charge on any atom is -0.289 e. The van der Waals surface area contributed by atoms with Gasteiger partial charge in [0.15, 0.2) is 11.6 Å². The standard InChI is InChI=1S/C134H140N4O2S6/c1-11-19-27-35-49-89-69-90(50-36-28-20-12-2)74-101(73-89)133(102-75-91(51-37-29-21-13-3)70-92(76-102)52-38-30-22-14-4)113-85-119(117-67-65-105(141-117)61-47-63-107-121(115(87-135)137-9)109-81-97-57-43-45-59-99(97)83-111(109)125(107)139)143-127(113)129-123(133)131-132(145-129)124-130(146-131)128-114(86-120(144-128)118-68-66-106(142-118)62-48-64-108-122(116(88-136)138-10)110-82-98-58-44-46-60-100(98)84-112(110)126(108)140)134(124,103-77-93(53-39-31-23-15-5)71-94(78-103)54-40-32-24-16-6)104-79-95(55-41-33-25-17-7)72-96(80-104)56-42-34-26-18-8/h43-48,57-86H,11-42,49-56H2,1-8H3/b61-47+,62-48+,107-63-,108-64-,121-115-,122-116?. The Hall–Kier alpha value is -11.5. The van der Waals surface area contributed by atoms with Crippen molar-refractivity contribution in [1.29, 1.82) is 10.5 Å². The molecule has 6 heterocycles. The number of carbonyl (C=O) groups is 2. The first-order valence-electron chi connectivity index (χ1n) is 55.3. The summed E-state index contributed by atoms with van der Waals surface area (Å²) in [6, 6.07) is 75.1. The van der Waals surface area contributed by atoms with E-state index in [9.17, 15) is 20.1 Å². The number of hydrogen-bond donors (Lipinski definition) is 0. The molecule has 0 aliphatic heterocycles. The van der Waals surface area contributed by atoms with Gasteiger partial charge in [-0.05, 0) is 286 Å². The Balaban J connectivity index is 0.912. The van der Waals surface area contributed by atoms with E-state index in [4.69, 9.17) is 13.1 Å². The molecule has 14 aromatic rings. The summed E-state index contributed by atoms with van der Waals surface area (Å²) in [4.78, 5) is 49.5. The maximum absolute atomic E-state index is 14.8. The number of unbranched alkanes of at least 4 members (excludes halogenated alkanes) is 24. The van der Waals surface area contributed by atoms with Gasteiger partial charge in [-0.2, -0.15) is 0 Å². The largest absolute Gasteiger partial charge is 0.289 e. The number of fused-ring (bicyclic) bond motifs is 13. The monoisotopic (exact) mass is 2030 g/mol. The molecule has 146 heavy (non-hydrogen) atoms. The van der Waals surface area contributed by atoms with Crippen LogP contribution in [-0.2, 0) is 62.2 Å². The van der Waals surface area contributed by atoms with E-state index in [1.165, 1.54) is 292 Å². The number of allylic oxidation sites excluding steroid dienone is 10. The number of rotatable bonds is 50. The number of carbonyl (C=O) groups excluding carboxylic acids is 2. The predicted octanol–water partition coefficient (Wildman–Crippen LogP) is 40.5. The summed E-state index contributed by atoms with van der Waals surface area (Å²) in [5.74, 6) is -0.359. The lowest BCUT2D eigenvalue weighted by atomic mass is 9.65. The van der Waals surface area contributed by atoms with E-state index < -0.39 is 10.8 Å². The van der Waals surface area contributed by atoms with Gasteiger partial charge in [0.05, 0.1) is 65.0 Å². The summed E-state index contributed by atoms with van der Waals surface area (Å²) in [7, 11) is 0. The molecule has 0 saturated heterocycles. The van der Waals surface area contributed by atoms with Gasteiger partial charge in [-0.3, -0.25) is 9.59 Å². The molecule has 0 fully saturated rings. The second-order valence-electron chi connectivity index (χ2n) is 41.4. The van der Waals surface area contributed by atoms with E-state index in [0.717, 1.165) is 134 Å². The van der Waals surface area contributed by atoms with Gasteiger partial charge >= 0.3 is 0 Å². The van der Waals surface area contributed by atoms with Crippen LogP contribution in [0.15, 0.2) is 229 Å². The van der Waals surface area contributed by atoms with Crippen LogP contribution in [-0.4, -0.2) is 11.6 Å². The molecular weight excluding hydrogens is 1890 g/mol. The zero-order chi connectivity index (χ0) is 101. The highest BCUT2D eigenvalue weighted by Crippen LogP contribution is 2.72. The summed E-state index contributed by atoms with van der Waals surface area (Å²) in [6.07, 6.45) is 57.9. The van der Waals surface area contributed by atoms with Crippen LogP contribution >= 0.6 is 68.0 Å². The zero-order valence-electron chi connectivity index (χ0n) is 87.1. The molecule has 0 unspecified atom stereocenters. The van der Waals surface area contributed by atoms with Gasteiger partial charge in [-0.15, -0.1) is 68.0 Å². The van der Waals surface area contributed by atoms with Crippen molar-refractivity contribution in [3.05, 3.63) is 373 Å². The Kier molecular flexibility index (Phi) is 35.1. The third-order valence-corrected chi connectivity index (χ3v) is 38.6. The van der Waals surface area contributed by atoms with Crippen LogP contribution in [0.25, 0.3) is 103 Å². The fourth-order valence-corrected chi connectivity index (χ4v) is 31.4. The molecule has 8 aromatic carbocycles. The van der Waals surface area contributed by atoms with E-state index in [1.54, 1.807) is 22.7 Å². The lowest BCUT2D eigenvalue weighted by Crippen LogP contribution is -2.30. The number of thiophene rings is 6. The highest BCUT2D eigenvalue weighted by atomic mass is 32.1. The van der Waals surface area contributed by atoms with Gasteiger partial charge < -0.3 is 0 Å². The minimum absolute atomic E-state index is 0.0853. The third-order valence-electron chi connectivity index (χ3n) is 31.0. The number of benzene rings is 8. The molecule has 12 heteroatoms. The van der Waals surface area contributed by atoms with E-state index >= 15 is 0 Å². The van der Waals surface area contributed by atoms with Crippen LogP contribution in [0.3, 0.4) is 0 Å². The Bertz CT molecular complexity index is 6810. The van der Waals surface area contributed by atoms with Crippen molar-refractivity contribution in [1.82, 2.24) is 0 Å². The molecule has 0 atom stereocenters. The molecule has 4 aliphatic rings. The first kappa shape index (κ1) is 104. The summed E-state index contributed by atoms with van der Waals surface area (Å²) in [6.45, 7) is 35.2.